The van der Waals surface area contributed by atoms with Gasteiger partial charge >= 0.3 is 0 Å². The van der Waals surface area contributed by atoms with Crippen LogP contribution in [0.25, 0.3) is 11.3 Å². The Bertz CT molecular complexity index is 1080. The van der Waals surface area contributed by atoms with Gasteiger partial charge in [-0.05, 0) is 61.9 Å². The number of aryl methyl sites for hydroxylation is 2. The van der Waals surface area contributed by atoms with Crippen LogP contribution in [0.4, 0.5) is 0 Å². The van der Waals surface area contributed by atoms with Crippen molar-refractivity contribution in [2.75, 3.05) is 6.54 Å². The van der Waals surface area contributed by atoms with Crippen LogP contribution in [0.5, 0.6) is 0 Å². The molecule has 7 nitrogen and oxygen atoms in total. The number of likely N-dealkylation sites (tertiary alicyclic amines) is 1. The normalized spacial score (nSPS) is 16.2. The van der Waals surface area contributed by atoms with Crippen molar-refractivity contribution in [2.24, 2.45) is 0 Å². The highest BCUT2D eigenvalue weighted by atomic mass is 16.5. The number of nitrogens with zero attached hydrogens (tertiary/aromatic N) is 3. The third kappa shape index (κ3) is 4.66. The fourth-order valence-corrected chi connectivity index (χ4v) is 3.81. The Hall–Kier alpha value is -3.48. The SMILES string of the molecule is Cc1ccc(-c2cc(C(=O)N3CCCC[C@@H]3C(=O)NCc3cccnc3)no2)cc1C. The molecule has 7 heteroatoms. The monoisotopic (exact) mass is 418 g/mol. The molecule has 2 aromatic heterocycles. The Labute approximate surface area is 181 Å². The van der Waals surface area contributed by atoms with Gasteiger partial charge in [0.15, 0.2) is 11.5 Å². The largest absolute Gasteiger partial charge is 0.355 e. The molecule has 1 N–H and O–H groups in total. The van der Waals surface area contributed by atoms with Crippen LogP contribution in [0.15, 0.2) is 53.3 Å². The maximum Gasteiger partial charge on any atom is 0.276 e. The first-order chi connectivity index (χ1) is 15.0. The first kappa shape index (κ1) is 20.8. The maximum absolute atomic E-state index is 13.2. The molecule has 0 unspecified atom stereocenters. The van der Waals surface area contributed by atoms with Gasteiger partial charge in [-0.15, -0.1) is 0 Å². The van der Waals surface area contributed by atoms with Gasteiger partial charge in [0.05, 0.1) is 0 Å². The Balaban J connectivity index is 1.47. The van der Waals surface area contributed by atoms with Crippen LogP contribution in [0.3, 0.4) is 0 Å². The molecule has 0 bridgehead atoms. The summed E-state index contributed by atoms with van der Waals surface area (Å²) < 4.78 is 5.45. The number of hydrogen-bond donors (Lipinski definition) is 1. The highest BCUT2D eigenvalue weighted by molar-refractivity contribution is 5.96. The quantitative estimate of drug-likeness (QED) is 0.683. The van der Waals surface area contributed by atoms with Gasteiger partial charge in [-0.2, -0.15) is 0 Å². The molecule has 160 valence electrons. The van der Waals surface area contributed by atoms with Gasteiger partial charge in [0.2, 0.25) is 5.91 Å². The van der Waals surface area contributed by atoms with E-state index >= 15 is 0 Å². The number of aromatic nitrogens is 2. The molecule has 1 saturated heterocycles. The molecule has 0 saturated carbocycles. The second-order valence-electron chi connectivity index (χ2n) is 7.96. The molecular weight excluding hydrogens is 392 g/mol. The predicted octanol–water partition coefficient (Wildman–Crippen LogP) is 3.66. The van der Waals surface area contributed by atoms with Crippen LogP contribution in [0.2, 0.25) is 0 Å². The Morgan fingerprint density at radius 1 is 1.16 bits per heavy atom. The number of carbonyl (C=O) groups excluding carboxylic acids is 2. The molecule has 1 aliphatic heterocycles. The van der Waals surface area contributed by atoms with E-state index in [0.29, 0.717) is 25.3 Å². The lowest BCUT2D eigenvalue weighted by Crippen LogP contribution is -2.51. The minimum absolute atomic E-state index is 0.158. The smallest absolute Gasteiger partial charge is 0.276 e. The topological polar surface area (TPSA) is 88.3 Å². The fraction of sp³-hybridized carbons (Fsp3) is 0.333. The Morgan fingerprint density at radius 2 is 2.03 bits per heavy atom. The zero-order valence-electron chi connectivity index (χ0n) is 17.8. The number of pyridine rings is 1. The van der Waals surface area contributed by atoms with Gasteiger partial charge in [0.1, 0.15) is 6.04 Å². The molecule has 2 amide bonds. The number of rotatable bonds is 5. The summed E-state index contributed by atoms with van der Waals surface area (Å²) in [6, 6.07) is 10.9. The van der Waals surface area contributed by atoms with Gasteiger partial charge in [0, 0.05) is 37.1 Å². The second-order valence-corrected chi connectivity index (χ2v) is 7.96. The second kappa shape index (κ2) is 9.12. The van der Waals surface area contributed by atoms with Crippen molar-refractivity contribution in [2.45, 2.75) is 45.7 Å². The molecule has 3 heterocycles. The summed E-state index contributed by atoms with van der Waals surface area (Å²) in [6.45, 7) is 4.98. The van der Waals surface area contributed by atoms with E-state index in [9.17, 15) is 9.59 Å². The van der Waals surface area contributed by atoms with Gasteiger partial charge in [-0.3, -0.25) is 14.6 Å². The van der Waals surface area contributed by atoms with Crippen LogP contribution in [0.1, 0.15) is 46.4 Å². The number of hydrogen-bond acceptors (Lipinski definition) is 5. The third-order valence-corrected chi connectivity index (χ3v) is 5.78. The van der Waals surface area contributed by atoms with Gasteiger partial charge < -0.3 is 14.7 Å². The molecule has 0 spiro atoms. The molecule has 1 fully saturated rings. The predicted molar refractivity (Wildman–Crippen MR) is 116 cm³/mol. The summed E-state index contributed by atoms with van der Waals surface area (Å²) >= 11 is 0. The lowest BCUT2D eigenvalue weighted by Gasteiger charge is -2.34. The lowest BCUT2D eigenvalue weighted by atomic mass is 10.0. The third-order valence-electron chi connectivity index (χ3n) is 5.78. The summed E-state index contributed by atoms with van der Waals surface area (Å²) in [5.74, 6) is 0.107. The van der Waals surface area contributed by atoms with Crippen LogP contribution < -0.4 is 5.32 Å². The van der Waals surface area contributed by atoms with Crippen LogP contribution in [-0.2, 0) is 11.3 Å². The number of piperidine rings is 1. The lowest BCUT2D eigenvalue weighted by molar-refractivity contribution is -0.126. The van der Waals surface area contributed by atoms with E-state index < -0.39 is 6.04 Å². The van der Waals surface area contributed by atoms with E-state index in [-0.39, 0.29) is 17.5 Å². The van der Waals surface area contributed by atoms with Gasteiger partial charge in [-0.1, -0.05) is 23.4 Å². The first-order valence-electron chi connectivity index (χ1n) is 10.5. The molecular formula is C24H26N4O3. The maximum atomic E-state index is 13.2. The molecule has 0 aliphatic carbocycles. The summed E-state index contributed by atoms with van der Waals surface area (Å²) in [6.07, 6.45) is 5.80. The molecule has 1 atom stereocenters. The van der Waals surface area contributed by atoms with Gasteiger partial charge in [-0.25, -0.2) is 0 Å². The van der Waals surface area contributed by atoms with Crippen molar-refractivity contribution in [3.05, 3.63) is 71.2 Å². The van der Waals surface area contributed by atoms with Crippen molar-refractivity contribution in [3.8, 4) is 11.3 Å². The van der Waals surface area contributed by atoms with E-state index in [2.05, 4.69) is 15.5 Å². The van der Waals surface area contributed by atoms with Crippen molar-refractivity contribution < 1.29 is 14.1 Å². The molecule has 3 aromatic rings. The zero-order chi connectivity index (χ0) is 21.8. The van der Waals surface area contributed by atoms with Gasteiger partial charge in [0.25, 0.3) is 5.91 Å². The highest BCUT2D eigenvalue weighted by Gasteiger charge is 2.34. The number of benzene rings is 1. The molecule has 0 radical (unpaired) electrons. The van der Waals surface area contributed by atoms with Crippen molar-refractivity contribution in [1.29, 1.82) is 0 Å². The van der Waals surface area contributed by atoms with E-state index in [1.165, 1.54) is 5.56 Å². The van der Waals surface area contributed by atoms with E-state index in [0.717, 1.165) is 29.5 Å². The fourth-order valence-electron chi connectivity index (χ4n) is 3.81. The summed E-state index contributed by atoms with van der Waals surface area (Å²) in [4.78, 5) is 31.7. The number of amides is 2. The summed E-state index contributed by atoms with van der Waals surface area (Å²) in [5.41, 5.74) is 4.34. The van der Waals surface area contributed by atoms with Crippen molar-refractivity contribution >= 4 is 11.8 Å². The van der Waals surface area contributed by atoms with E-state index in [1.54, 1.807) is 23.4 Å². The summed E-state index contributed by atoms with van der Waals surface area (Å²) in [5, 5.41) is 6.93. The van der Waals surface area contributed by atoms with Crippen LogP contribution >= 0.6 is 0 Å². The average Bonchev–Trinajstić information content (AvgIpc) is 3.30. The molecule has 1 aromatic carbocycles. The van der Waals surface area contributed by atoms with Crippen molar-refractivity contribution in [3.63, 3.8) is 0 Å². The average molecular weight is 418 g/mol. The standard InChI is InChI=1S/C24H26N4O3/c1-16-8-9-19(12-17(16)2)22-13-20(27-31-22)24(30)28-11-4-3-7-21(28)23(29)26-15-18-6-5-10-25-14-18/h5-6,8-10,12-14,21H,3-4,7,11,15H2,1-2H3,(H,26,29)/t21-/m1/s1. The van der Waals surface area contributed by atoms with Crippen LogP contribution in [0, 0.1) is 13.8 Å². The minimum Gasteiger partial charge on any atom is -0.355 e. The Kier molecular flexibility index (Phi) is 6.11. The van der Waals surface area contributed by atoms with Crippen molar-refractivity contribution in [1.82, 2.24) is 20.4 Å². The summed E-state index contributed by atoms with van der Waals surface area (Å²) in [7, 11) is 0. The zero-order valence-corrected chi connectivity index (χ0v) is 17.8. The number of nitrogens with one attached hydrogen (secondary N) is 1. The van der Waals surface area contributed by atoms with E-state index in [4.69, 9.17) is 4.52 Å². The highest BCUT2D eigenvalue weighted by Crippen LogP contribution is 2.25. The first-order valence-corrected chi connectivity index (χ1v) is 10.5. The number of carbonyl (C=O) groups is 2. The molecule has 4 rings (SSSR count). The minimum atomic E-state index is -0.514. The molecule has 31 heavy (non-hydrogen) atoms. The van der Waals surface area contributed by atoms with E-state index in [1.807, 2.05) is 44.2 Å². The van der Waals surface area contributed by atoms with Crippen LogP contribution in [-0.4, -0.2) is 39.4 Å². The Morgan fingerprint density at radius 3 is 2.81 bits per heavy atom. The molecule has 1 aliphatic rings.